The molecule has 1 heterocycles. The lowest BCUT2D eigenvalue weighted by molar-refractivity contribution is 0.0951. The number of para-hydroxylation sites is 1. The fourth-order valence-corrected chi connectivity index (χ4v) is 3.98. The van der Waals surface area contributed by atoms with Crippen molar-refractivity contribution in [3.8, 4) is 0 Å². The zero-order chi connectivity index (χ0) is 21.1. The lowest BCUT2D eigenvalue weighted by Gasteiger charge is -2.31. The highest BCUT2D eigenvalue weighted by Gasteiger charge is 2.27. The average molecular weight is 404 g/mol. The first kappa shape index (κ1) is 20.0. The van der Waals surface area contributed by atoms with E-state index in [9.17, 15) is 9.18 Å². The molecule has 5 heteroatoms. The summed E-state index contributed by atoms with van der Waals surface area (Å²) < 4.78 is 13.2. The van der Waals surface area contributed by atoms with Crippen LogP contribution >= 0.6 is 0 Å². The van der Waals surface area contributed by atoms with Crippen LogP contribution < -0.4 is 15.1 Å². The van der Waals surface area contributed by atoms with Gasteiger partial charge in [0.05, 0.1) is 6.04 Å². The second-order valence-corrected chi connectivity index (χ2v) is 7.79. The van der Waals surface area contributed by atoms with Crippen LogP contribution in [0.4, 0.5) is 15.8 Å². The number of nitrogens with one attached hydrogen (secondary N) is 1. The Kier molecular flexibility index (Phi) is 5.70. The molecule has 1 aliphatic heterocycles. The van der Waals surface area contributed by atoms with Crippen LogP contribution in [0.15, 0.2) is 72.8 Å². The standard InChI is InChI=1S/C25H26FN3O/c1-28(2)22-13-9-19(10-14-22)24(29-16-15-18-5-3-4-6-23(18)29)17-27-25(30)20-7-11-21(26)12-8-20/h3-14,24H,15-17H2,1-2H3,(H,27,30). The van der Waals surface area contributed by atoms with Crippen LogP contribution in [0.1, 0.15) is 27.5 Å². The summed E-state index contributed by atoms with van der Waals surface area (Å²) in [5, 5.41) is 3.05. The Labute approximate surface area is 176 Å². The van der Waals surface area contributed by atoms with Gasteiger partial charge in [-0.25, -0.2) is 4.39 Å². The fraction of sp³-hybridized carbons (Fsp3) is 0.240. The number of carbonyl (C=O) groups is 1. The summed E-state index contributed by atoms with van der Waals surface area (Å²) in [7, 11) is 4.04. The van der Waals surface area contributed by atoms with Crippen molar-refractivity contribution in [1.29, 1.82) is 0 Å². The molecular formula is C25H26FN3O. The van der Waals surface area contributed by atoms with E-state index in [4.69, 9.17) is 0 Å². The monoisotopic (exact) mass is 403 g/mol. The van der Waals surface area contributed by atoms with Gasteiger partial charge in [-0.2, -0.15) is 0 Å². The summed E-state index contributed by atoms with van der Waals surface area (Å²) in [4.78, 5) is 17.1. The first-order valence-corrected chi connectivity index (χ1v) is 10.2. The average Bonchev–Trinajstić information content (AvgIpc) is 3.19. The van der Waals surface area contributed by atoms with E-state index in [1.54, 1.807) is 0 Å². The van der Waals surface area contributed by atoms with Crippen molar-refractivity contribution in [2.45, 2.75) is 12.5 Å². The molecular weight excluding hydrogens is 377 g/mol. The van der Waals surface area contributed by atoms with Crippen molar-refractivity contribution in [2.24, 2.45) is 0 Å². The van der Waals surface area contributed by atoms with Gasteiger partial charge >= 0.3 is 0 Å². The van der Waals surface area contributed by atoms with E-state index in [1.807, 2.05) is 14.1 Å². The summed E-state index contributed by atoms with van der Waals surface area (Å²) in [6.07, 6.45) is 0.994. The first-order chi connectivity index (χ1) is 14.5. The third-order valence-corrected chi connectivity index (χ3v) is 5.66. The van der Waals surface area contributed by atoms with Crippen molar-refractivity contribution in [2.75, 3.05) is 37.0 Å². The SMILES string of the molecule is CN(C)c1ccc(C(CNC(=O)c2ccc(F)cc2)N2CCc3ccccc32)cc1. The first-order valence-electron chi connectivity index (χ1n) is 10.2. The Morgan fingerprint density at radius 3 is 2.43 bits per heavy atom. The van der Waals surface area contributed by atoms with Crippen LogP contribution in [-0.4, -0.2) is 33.1 Å². The van der Waals surface area contributed by atoms with Crippen molar-refractivity contribution in [3.63, 3.8) is 0 Å². The Hall–Kier alpha value is -3.34. The lowest BCUT2D eigenvalue weighted by Crippen LogP contribution is -2.37. The molecule has 1 atom stereocenters. The second-order valence-electron chi connectivity index (χ2n) is 7.79. The molecule has 0 saturated carbocycles. The van der Waals surface area contributed by atoms with Crippen LogP contribution in [0.3, 0.4) is 0 Å². The number of halogens is 1. The second kappa shape index (κ2) is 8.57. The molecule has 4 nitrogen and oxygen atoms in total. The molecule has 3 aromatic rings. The van der Waals surface area contributed by atoms with Crippen molar-refractivity contribution in [3.05, 3.63) is 95.3 Å². The highest BCUT2D eigenvalue weighted by Crippen LogP contribution is 2.35. The van der Waals surface area contributed by atoms with Crippen molar-refractivity contribution < 1.29 is 9.18 Å². The van der Waals surface area contributed by atoms with Gasteiger partial charge in [-0.15, -0.1) is 0 Å². The molecule has 0 aliphatic carbocycles. The molecule has 0 bridgehead atoms. The Morgan fingerprint density at radius 1 is 1.03 bits per heavy atom. The number of fused-ring (bicyclic) bond motifs is 1. The lowest BCUT2D eigenvalue weighted by atomic mass is 10.0. The van der Waals surface area contributed by atoms with Gasteiger partial charge in [-0.05, 0) is 60.0 Å². The molecule has 1 aliphatic rings. The number of carbonyl (C=O) groups excluding carboxylic acids is 1. The predicted octanol–water partition coefficient (Wildman–Crippen LogP) is 4.43. The molecule has 4 rings (SSSR count). The number of anilines is 2. The normalized spacial score (nSPS) is 13.6. The van der Waals surface area contributed by atoms with Gasteiger partial charge in [-0.3, -0.25) is 4.79 Å². The molecule has 1 N–H and O–H groups in total. The predicted molar refractivity (Wildman–Crippen MR) is 120 cm³/mol. The molecule has 3 aromatic carbocycles. The molecule has 0 aromatic heterocycles. The third kappa shape index (κ3) is 4.15. The minimum atomic E-state index is -0.348. The number of rotatable bonds is 6. The van der Waals surface area contributed by atoms with Gasteiger partial charge in [0.2, 0.25) is 0 Å². The Bertz CT molecular complexity index is 1020. The molecule has 0 fully saturated rings. The molecule has 0 radical (unpaired) electrons. The summed E-state index contributed by atoms with van der Waals surface area (Å²) in [5.74, 6) is -0.545. The summed E-state index contributed by atoms with van der Waals surface area (Å²) in [5.41, 5.74) is 5.29. The van der Waals surface area contributed by atoms with E-state index >= 15 is 0 Å². The molecule has 1 unspecified atom stereocenters. The minimum Gasteiger partial charge on any atom is -0.378 e. The highest BCUT2D eigenvalue weighted by atomic mass is 19.1. The minimum absolute atomic E-state index is 0.00857. The van der Waals surface area contributed by atoms with Gasteiger partial charge in [0, 0.05) is 44.1 Å². The molecule has 30 heavy (non-hydrogen) atoms. The molecule has 0 saturated heterocycles. The van der Waals surface area contributed by atoms with Gasteiger partial charge in [0.15, 0.2) is 0 Å². The van der Waals surface area contributed by atoms with E-state index in [1.165, 1.54) is 35.5 Å². The number of amides is 1. The van der Waals surface area contributed by atoms with Crippen LogP contribution in [0, 0.1) is 5.82 Å². The van der Waals surface area contributed by atoms with Crippen LogP contribution in [0.25, 0.3) is 0 Å². The maximum atomic E-state index is 13.2. The maximum absolute atomic E-state index is 13.2. The fourth-order valence-electron chi connectivity index (χ4n) is 3.98. The van der Waals surface area contributed by atoms with E-state index in [0.717, 1.165) is 24.2 Å². The maximum Gasteiger partial charge on any atom is 0.251 e. The smallest absolute Gasteiger partial charge is 0.251 e. The van der Waals surface area contributed by atoms with Gasteiger partial charge < -0.3 is 15.1 Å². The summed E-state index contributed by atoms with van der Waals surface area (Å²) >= 11 is 0. The molecule has 0 spiro atoms. The zero-order valence-electron chi connectivity index (χ0n) is 17.3. The molecule has 1 amide bonds. The number of nitrogens with zero attached hydrogens (tertiary/aromatic N) is 2. The van der Waals surface area contributed by atoms with Crippen molar-refractivity contribution in [1.82, 2.24) is 5.32 Å². The van der Waals surface area contributed by atoms with E-state index in [2.05, 4.69) is 63.6 Å². The van der Waals surface area contributed by atoms with Gasteiger partial charge in [-0.1, -0.05) is 30.3 Å². The Morgan fingerprint density at radius 2 is 1.73 bits per heavy atom. The van der Waals surface area contributed by atoms with E-state index in [-0.39, 0.29) is 17.8 Å². The topological polar surface area (TPSA) is 35.6 Å². The summed E-state index contributed by atoms with van der Waals surface area (Å²) in [6, 6.07) is 22.5. The van der Waals surface area contributed by atoms with Crippen LogP contribution in [-0.2, 0) is 6.42 Å². The van der Waals surface area contributed by atoms with Crippen LogP contribution in [0.2, 0.25) is 0 Å². The largest absolute Gasteiger partial charge is 0.378 e. The zero-order valence-corrected chi connectivity index (χ0v) is 17.3. The van der Waals surface area contributed by atoms with E-state index < -0.39 is 0 Å². The van der Waals surface area contributed by atoms with Crippen molar-refractivity contribution >= 4 is 17.3 Å². The van der Waals surface area contributed by atoms with Gasteiger partial charge in [0.1, 0.15) is 5.82 Å². The number of hydrogen-bond donors (Lipinski definition) is 1. The third-order valence-electron chi connectivity index (χ3n) is 5.66. The van der Waals surface area contributed by atoms with Gasteiger partial charge in [0.25, 0.3) is 5.91 Å². The van der Waals surface area contributed by atoms with E-state index in [0.29, 0.717) is 12.1 Å². The number of benzene rings is 3. The Balaban J connectivity index is 1.59. The molecule has 154 valence electrons. The highest BCUT2D eigenvalue weighted by molar-refractivity contribution is 5.94. The van der Waals surface area contributed by atoms with Crippen LogP contribution in [0.5, 0.6) is 0 Å². The summed E-state index contributed by atoms with van der Waals surface area (Å²) in [6.45, 7) is 1.37. The number of hydrogen-bond acceptors (Lipinski definition) is 3. The quantitative estimate of drug-likeness (QED) is 0.662.